The summed E-state index contributed by atoms with van der Waals surface area (Å²) in [6, 6.07) is 12.1. The van der Waals surface area contributed by atoms with E-state index in [4.69, 9.17) is 27.9 Å². The maximum absolute atomic E-state index is 11.9. The molecule has 8 heteroatoms. The van der Waals surface area contributed by atoms with E-state index in [0.29, 0.717) is 27.8 Å². The van der Waals surface area contributed by atoms with E-state index in [1.165, 1.54) is 0 Å². The van der Waals surface area contributed by atoms with Crippen LogP contribution in [-0.4, -0.2) is 24.4 Å². The molecule has 0 atom stereocenters. The Kier molecular flexibility index (Phi) is 8.29. The molecule has 0 saturated heterocycles. The third-order valence-electron chi connectivity index (χ3n) is 3.77. The standard InChI is InChI=1S/C20H20Cl2N2O4/c1-13-5-2-3-6-17(13)24-19(26)12-28-20(27)8-4-7-18(25)23-14-9-10-15(21)16(22)11-14/h2-3,5-6,9-11H,4,7-8,12H2,1H3,(H,23,25)(H,24,26). The number of para-hydroxylation sites is 1. The van der Waals surface area contributed by atoms with Crippen molar-refractivity contribution >= 4 is 52.4 Å². The van der Waals surface area contributed by atoms with Crippen molar-refractivity contribution in [3.8, 4) is 0 Å². The number of amides is 2. The first kappa shape index (κ1) is 21.7. The van der Waals surface area contributed by atoms with Crippen LogP contribution in [0.2, 0.25) is 10.0 Å². The van der Waals surface area contributed by atoms with Gasteiger partial charge >= 0.3 is 5.97 Å². The molecule has 0 bridgehead atoms. The molecule has 28 heavy (non-hydrogen) atoms. The number of aryl methyl sites for hydroxylation is 1. The largest absolute Gasteiger partial charge is 0.456 e. The van der Waals surface area contributed by atoms with E-state index in [9.17, 15) is 14.4 Å². The first-order chi connectivity index (χ1) is 13.3. The molecule has 2 amide bonds. The second-order valence-electron chi connectivity index (χ2n) is 6.05. The number of rotatable bonds is 8. The normalized spacial score (nSPS) is 10.2. The number of carbonyl (C=O) groups excluding carboxylic acids is 3. The zero-order chi connectivity index (χ0) is 20.5. The Labute approximate surface area is 173 Å². The van der Waals surface area contributed by atoms with Crippen molar-refractivity contribution in [3.63, 3.8) is 0 Å². The molecule has 0 saturated carbocycles. The average molecular weight is 423 g/mol. The van der Waals surface area contributed by atoms with Crippen LogP contribution < -0.4 is 10.6 Å². The van der Waals surface area contributed by atoms with Gasteiger partial charge in [-0.3, -0.25) is 14.4 Å². The molecule has 0 aliphatic carbocycles. The minimum absolute atomic E-state index is 0.0342. The summed E-state index contributed by atoms with van der Waals surface area (Å²) >= 11 is 11.7. The van der Waals surface area contributed by atoms with Crippen molar-refractivity contribution in [3.05, 3.63) is 58.1 Å². The summed E-state index contributed by atoms with van der Waals surface area (Å²) < 4.78 is 4.93. The SMILES string of the molecule is Cc1ccccc1NC(=O)COC(=O)CCCC(=O)Nc1ccc(Cl)c(Cl)c1. The van der Waals surface area contributed by atoms with Gasteiger partial charge in [-0.25, -0.2) is 0 Å². The van der Waals surface area contributed by atoms with E-state index in [0.717, 1.165) is 5.56 Å². The van der Waals surface area contributed by atoms with Crippen molar-refractivity contribution in [2.24, 2.45) is 0 Å². The molecule has 0 aliphatic heterocycles. The van der Waals surface area contributed by atoms with Gasteiger partial charge in [-0.15, -0.1) is 0 Å². The number of halogens is 2. The lowest BCUT2D eigenvalue weighted by molar-refractivity contribution is -0.147. The van der Waals surface area contributed by atoms with E-state index >= 15 is 0 Å². The van der Waals surface area contributed by atoms with Crippen molar-refractivity contribution in [2.75, 3.05) is 17.2 Å². The molecule has 0 aromatic heterocycles. The van der Waals surface area contributed by atoms with Crippen LogP contribution >= 0.6 is 23.2 Å². The van der Waals surface area contributed by atoms with Crippen LogP contribution in [0.5, 0.6) is 0 Å². The van der Waals surface area contributed by atoms with Crippen molar-refractivity contribution < 1.29 is 19.1 Å². The number of esters is 1. The van der Waals surface area contributed by atoms with Gasteiger partial charge in [0.25, 0.3) is 5.91 Å². The molecule has 0 unspecified atom stereocenters. The molecular formula is C20H20Cl2N2O4. The van der Waals surface area contributed by atoms with Crippen LogP contribution in [0, 0.1) is 6.92 Å². The van der Waals surface area contributed by atoms with Crippen molar-refractivity contribution in [1.82, 2.24) is 0 Å². The maximum Gasteiger partial charge on any atom is 0.306 e. The van der Waals surface area contributed by atoms with E-state index in [-0.39, 0.29) is 25.4 Å². The van der Waals surface area contributed by atoms with Gasteiger partial charge < -0.3 is 15.4 Å². The minimum Gasteiger partial charge on any atom is -0.456 e. The Morgan fingerprint density at radius 3 is 2.39 bits per heavy atom. The summed E-state index contributed by atoms with van der Waals surface area (Å²) in [5.74, 6) is -1.22. The molecule has 148 valence electrons. The Morgan fingerprint density at radius 2 is 1.68 bits per heavy atom. The summed E-state index contributed by atoms with van der Waals surface area (Å²) in [6.07, 6.45) is 0.461. The molecule has 2 N–H and O–H groups in total. The van der Waals surface area contributed by atoms with Gasteiger partial charge in [0.15, 0.2) is 6.61 Å². The quantitative estimate of drug-likeness (QED) is 0.609. The number of carbonyl (C=O) groups is 3. The maximum atomic E-state index is 11.9. The van der Waals surface area contributed by atoms with Crippen molar-refractivity contribution in [1.29, 1.82) is 0 Å². The number of benzene rings is 2. The monoisotopic (exact) mass is 422 g/mol. The van der Waals surface area contributed by atoms with E-state index in [2.05, 4.69) is 10.6 Å². The van der Waals surface area contributed by atoms with Crippen LogP contribution in [0.15, 0.2) is 42.5 Å². The molecule has 0 fully saturated rings. The summed E-state index contributed by atoms with van der Waals surface area (Å²) in [6.45, 7) is 1.49. The summed E-state index contributed by atoms with van der Waals surface area (Å²) in [4.78, 5) is 35.4. The van der Waals surface area contributed by atoms with E-state index in [1.807, 2.05) is 19.1 Å². The molecule has 0 radical (unpaired) electrons. The van der Waals surface area contributed by atoms with Crippen LogP contribution in [0.1, 0.15) is 24.8 Å². The third-order valence-corrected chi connectivity index (χ3v) is 4.51. The number of anilines is 2. The third kappa shape index (κ3) is 7.21. The van der Waals surface area contributed by atoms with Crippen LogP contribution in [0.4, 0.5) is 11.4 Å². The second kappa shape index (κ2) is 10.7. The molecule has 2 rings (SSSR count). The molecule has 2 aromatic carbocycles. The predicted octanol–water partition coefficient (Wildman–Crippen LogP) is 4.59. The second-order valence-corrected chi connectivity index (χ2v) is 6.87. The highest BCUT2D eigenvalue weighted by molar-refractivity contribution is 6.42. The topological polar surface area (TPSA) is 84.5 Å². The van der Waals surface area contributed by atoms with Gasteiger partial charge in [-0.05, 0) is 43.2 Å². The smallest absolute Gasteiger partial charge is 0.306 e. The lowest BCUT2D eigenvalue weighted by atomic mass is 10.2. The lowest BCUT2D eigenvalue weighted by Crippen LogP contribution is -2.21. The Hall–Kier alpha value is -2.57. The molecule has 6 nitrogen and oxygen atoms in total. The first-order valence-corrected chi connectivity index (χ1v) is 9.37. The molecule has 2 aromatic rings. The predicted molar refractivity (Wildman–Crippen MR) is 110 cm³/mol. The highest BCUT2D eigenvalue weighted by Crippen LogP contribution is 2.25. The van der Waals surface area contributed by atoms with Crippen LogP contribution in [0.25, 0.3) is 0 Å². The van der Waals surface area contributed by atoms with Gasteiger partial charge in [0.05, 0.1) is 10.0 Å². The molecule has 0 heterocycles. The van der Waals surface area contributed by atoms with Gasteiger partial charge in [-0.2, -0.15) is 0 Å². The summed E-state index contributed by atoms with van der Waals surface area (Å²) in [5.41, 5.74) is 2.10. The lowest BCUT2D eigenvalue weighted by Gasteiger charge is -2.09. The van der Waals surface area contributed by atoms with Gasteiger partial charge in [0.1, 0.15) is 0 Å². The number of nitrogens with one attached hydrogen (secondary N) is 2. The van der Waals surface area contributed by atoms with Gasteiger partial charge in [0, 0.05) is 24.2 Å². The fraction of sp³-hybridized carbons (Fsp3) is 0.250. The first-order valence-electron chi connectivity index (χ1n) is 8.61. The van der Waals surface area contributed by atoms with Crippen molar-refractivity contribution in [2.45, 2.75) is 26.2 Å². The van der Waals surface area contributed by atoms with Gasteiger partial charge in [-0.1, -0.05) is 41.4 Å². The molecule has 0 spiro atoms. The van der Waals surface area contributed by atoms with Crippen LogP contribution in [0.3, 0.4) is 0 Å². The summed E-state index contributed by atoms with van der Waals surface area (Å²) in [7, 11) is 0. The fourth-order valence-corrected chi connectivity index (χ4v) is 2.61. The number of hydrogen-bond acceptors (Lipinski definition) is 4. The van der Waals surface area contributed by atoms with Crippen LogP contribution in [-0.2, 0) is 19.1 Å². The Balaban J connectivity index is 1.65. The summed E-state index contributed by atoms with van der Waals surface area (Å²) in [5, 5.41) is 6.08. The molecule has 0 aliphatic rings. The Morgan fingerprint density at radius 1 is 0.929 bits per heavy atom. The zero-order valence-electron chi connectivity index (χ0n) is 15.3. The average Bonchev–Trinajstić information content (AvgIpc) is 2.65. The van der Waals surface area contributed by atoms with E-state index in [1.54, 1.807) is 30.3 Å². The highest BCUT2D eigenvalue weighted by atomic mass is 35.5. The minimum atomic E-state index is -0.540. The highest BCUT2D eigenvalue weighted by Gasteiger charge is 2.10. The molecular weight excluding hydrogens is 403 g/mol. The Bertz CT molecular complexity index is 871. The number of hydrogen-bond donors (Lipinski definition) is 2. The zero-order valence-corrected chi connectivity index (χ0v) is 16.8. The van der Waals surface area contributed by atoms with Gasteiger partial charge in [0.2, 0.25) is 5.91 Å². The number of ether oxygens (including phenoxy) is 1. The fourth-order valence-electron chi connectivity index (χ4n) is 2.31. The van der Waals surface area contributed by atoms with E-state index < -0.39 is 11.9 Å².